The largest absolute Gasteiger partial charge is 0.478 e. The Kier molecular flexibility index (Phi) is 4.85. The second kappa shape index (κ2) is 6.85. The lowest BCUT2D eigenvalue weighted by molar-refractivity contribution is -0.132. The zero-order valence-corrected chi connectivity index (χ0v) is 13.6. The van der Waals surface area contributed by atoms with Gasteiger partial charge in [0, 0.05) is 5.57 Å². The topological polar surface area (TPSA) is 37.3 Å². The van der Waals surface area contributed by atoms with Crippen molar-refractivity contribution in [2.24, 2.45) is 29.6 Å². The molecule has 2 fully saturated rings. The first-order valence-electron chi connectivity index (χ1n) is 8.92. The highest BCUT2D eigenvalue weighted by atomic mass is 16.4. The molecule has 4 unspecified atom stereocenters. The summed E-state index contributed by atoms with van der Waals surface area (Å²) in [6, 6.07) is 0. The van der Waals surface area contributed by atoms with Gasteiger partial charge in [-0.3, -0.25) is 0 Å². The van der Waals surface area contributed by atoms with Crippen LogP contribution in [0.25, 0.3) is 0 Å². The lowest BCUT2D eigenvalue weighted by Gasteiger charge is -2.18. The first-order valence-corrected chi connectivity index (χ1v) is 8.92. The van der Waals surface area contributed by atoms with Gasteiger partial charge in [-0.25, -0.2) is 4.79 Å². The summed E-state index contributed by atoms with van der Waals surface area (Å²) in [5.74, 6) is 3.57. The molecule has 0 aromatic carbocycles. The predicted molar refractivity (Wildman–Crippen MR) is 89.4 cm³/mol. The lowest BCUT2D eigenvalue weighted by Crippen LogP contribution is -2.12. The standard InChI is InChI=1S/C10H16O2.C10H12/c1-8(10(11)12)7-9-5-3-2-4-6-9;1-2-9-7-4-5-8(6-7)10(9)3-1/h7,9H,2-6H2,1H3,(H,11,12);1-2,4-5,7-10H,3,6H2. The van der Waals surface area contributed by atoms with Crippen LogP contribution in [0.3, 0.4) is 0 Å². The third-order valence-electron chi connectivity index (χ3n) is 5.93. The fourth-order valence-electron chi connectivity index (χ4n) is 4.70. The molecule has 4 aliphatic carbocycles. The third kappa shape index (κ3) is 3.37. The van der Waals surface area contributed by atoms with Crippen LogP contribution in [-0.2, 0) is 4.79 Å². The van der Waals surface area contributed by atoms with Crippen LogP contribution in [0.2, 0.25) is 0 Å². The maximum atomic E-state index is 10.5. The van der Waals surface area contributed by atoms with Crippen molar-refractivity contribution >= 4 is 5.97 Å². The molecule has 0 saturated heterocycles. The number of rotatable bonds is 2. The van der Waals surface area contributed by atoms with E-state index in [1.165, 1.54) is 44.9 Å². The van der Waals surface area contributed by atoms with E-state index in [2.05, 4.69) is 24.3 Å². The highest BCUT2D eigenvalue weighted by Crippen LogP contribution is 2.52. The Morgan fingerprint density at radius 2 is 1.82 bits per heavy atom. The average Bonchev–Trinajstić information content (AvgIpc) is 3.23. The number of carboxylic acids is 1. The van der Waals surface area contributed by atoms with Crippen molar-refractivity contribution in [3.63, 3.8) is 0 Å². The Hall–Kier alpha value is -1.31. The van der Waals surface area contributed by atoms with Gasteiger partial charge < -0.3 is 5.11 Å². The van der Waals surface area contributed by atoms with Gasteiger partial charge in [0.1, 0.15) is 0 Å². The molecule has 2 heteroatoms. The molecule has 4 atom stereocenters. The van der Waals surface area contributed by atoms with Gasteiger partial charge in [0.25, 0.3) is 0 Å². The van der Waals surface area contributed by atoms with Gasteiger partial charge in [0.15, 0.2) is 0 Å². The molecular weight excluding hydrogens is 272 g/mol. The number of fused-ring (bicyclic) bond motifs is 5. The van der Waals surface area contributed by atoms with Crippen LogP contribution in [-0.4, -0.2) is 11.1 Å². The summed E-state index contributed by atoms with van der Waals surface area (Å²) in [6.07, 6.45) is 20.6. The zero-order valence-electron chi connectivity index (χ0n) is 13.6. The minimum atomic E-state index is -0.777. The minimum Gasteiger partial charge on any atom is -0.478 e. The molecule has 2 bridgehead atoms. The maximum absolute atomic E-state index is 10.5. The van der Waals surface area contributed by atoms with Crippen molar-refractivity contribution < 1.29 is 9.90 Å². The molecule has 0 heterocycles. The molecule has 0 aromatic heterocycles. The van der Waals surface area contributed by atoms with E-state index in [1.54, 1.807) is 6.92 Å². The van der Waals surface area contributed by atoms with Gasteiger partial charge in [0.05, 0.1) is 0 Å². The van der Waals surface area contributed by atoms with Crippen molar-refractivity contribution in [1.29, 1.82) is 0 Å². The molecule has 0 radical (unpaired) electrons. The van der Waals surface area contributed by atoms with Gasteiger partial charge >= 0.3 is 5.97 Å². The van der Waals surface area contributed by atoms with Gasteiger partial charge in [-0.1, -0.05) is 49.6 Å². The SMILES string of the molecule is C1=CC2C3C=CC(C3)C2C1.CC(=CC1CCCCC1)C(=O)O. The van der Waals surface area contributed by atoms with Crippen molar-refractivity contribution in [2.45, 2.75) is 51.9 Å². The molecule has 4 aliphatic rings. The maximum Gasteiger partial charge on any atom is 0.330 e. The normalized spacial score (nSPS) is 36.1. The third-order valence-corrected chi connectivity index (χ3v) is 5.93. The summed E-state index contributed by atoms with van der Waals surface area (Å²) >= 11 is 0. The molecule has 0 aliphatic heterocycles. The Labute approximate surface area is 134 Å². The Morgan fingerprint density at radius 3 is 2.50 bits per heavy atom. The monoisotopic (exact) mass is 300 g/mol. The zero-order chi connectivity index (χ0) is 15.5. The minimum absolute atomic E-state index is 0.502. The van der Waals surface area contributed by atoms with Gasteiger partial charge in [0.2, 0.25) is 0 Å². The molecule has 2 nitrogen and oxygen atoms in total. The Balaban J connectivity index is 0.000000132. The van der Waals surface area contributed by atoms with Crippen molar-refractivity contribution in [2.75, 3.05) is 0 Å². The van der Waals surface area contributed by atoms with Crippen LogP contribution in [0.4, 0.5) is 0 Å². The number of carbonyl (C=O) groups is 1. The molecule has 120 valence electrons. The van der Waals surface area contributed by atoms with E-state index in [4.69, 9.17) is 5.11 Å². The Bertz CT molecular complexity index is 494. The van der Waals surface area contributed by atoms with Crippen LogP contribution >= 0.6 is 0 Å². The molecule has 0 amide bonds. The fourth-order valence-corrected chi connectivity index (χ4v) is 4.70. The second-order valence-electron chi connectivity index (χ2n) is 7.41. The Morgan fingerprint density at radius 1 is 1.09 bits per heavy atom. The average molecular weight is 300 g/mol. The highest BCUT2D eigenvalue weighted by molar-refractivity contribution is 5.85. The van der Waals surface area contributed by atoms with Crippen LogP contribution in [0.5, 0.6) is 0 Å². The van der Waals surface area contributed by atoms with Crippen molar-refractivity contribution in [3.05, 3.63) is 36.0 Å². The quantitative estimate of drug-likeness (QED) is 0.576. The molecular formula is C20H28O2. The van der Waals surface area contributed by atoms with E-state index in [0.717, 1.165) is 23.7 Å². The van der Waals surface area contributed by atoms with E-state index in [-0.39, 0.29) is 0 Å². The lowest BCUT2D eigenvalue weighted by atomic mass is 9.86. The molecule has 1 N–H and O–H groups in total. The molecule has 0 aromatic rings. The van der Waals surface area contributed by atoms with E-state index >= 15 is 0 Å². The number of hydrogen-bond acceptors (Lipinski definition) is 1. The van der Waals surface area contributed by atoms with Gasteiger partial charge in [-0.15, -0.1) is 0 Å². The van der Waals surface area contributed by atoms with Crippen molar-refractivity contribution in [3.8, 4) is 0 Å². The van der Waals surface area contributed by atoms with Crippen LogP contribution < -0.4 is 0 Å². The predicted octanol–water partition coefficient (Wildman–Crippen LogP) is 4.98. The first-order chi connectivity index (χ1) is 10.6. The first kappa shape index (κ1) is 15.6. The number of hydrogen-bond donors (Lipinski definition) is 1. The smallest absolute Gasteiger partial charge is 0.330 e. The molecule has 22 heavy (non-hydrogen) atoms. The number of carboxylic acid groups (broad SMARTS) is 1. The summed E-state index contributed by atoms with van der Waals surface area (Å²) < 4.78 is 0. The number of allylic oxidation sites excluding steroid dienone is 5. The van der Waals surface area contributed by atoms with Crippen LogP contribution in [0.1, 0.15) is 51.9 Å². The summed E-state index contributed by atoms with van der Waals surface area (Å²) in [6.45, 7) is 1.68. The van der Waals surface area contributed by atoms with E-state index in [9.17, 15) is 4.79 Å². The van der Waals surface area contributed by atoms with Gasteiger partial charge in [-0.05, 0) is 62.2 Å². The summed E-state index contributed by atoms with van der Waals surface area (Å²) in [4.78, 5) is 10.5. The molecule has 0 spiro atoms. The van der Waals surface area contributed by atoms with E-state index < -0.39 is 5.97 Å². The summed E-state index contributed by atoms with van der Waals surface area (Å²) in [5, 5.41) is 8.64. The number of aliphatic carboxylic acids is 1. The second-order valence-corrected chi connectivity index (χ2v) is 7.41. The summed E-state index contributed by atoms with van der Waals surface area (Å²) in [5.41, 5.74) is 0.502. The van der Waals surface area contributed by atoms with Crippen LogP contribution in [0, 0.1) is 29.6 Å². The highest BCUT2D eigenvalue weighted by Gasteiger charge is 2.44. The summed E-state index contributed by atoms with van der Waals surface area (Å²) in [7, 11) is 0. The van der Waals surface area contributed by atoms with E-state index in [0.29, 0.717) is 11.5 Å². The fraction of sp³-hybridized carbons (Fsp3) is 0.650. The van der Waals surface area contributed by atoms with E-state index in [1.807, 2.05) is 6.08 Å². The molecule has 2 saturated carbocycles. The van der Waals surface area contributed by atoms with Gasteiger partial charge in [-0.2, -0.15) is 0 Å². The molecule has 4 rings (SSSR count). The van der Waals surface area contributed by atoms with Crippen LogP contribution in [0.15, 0.2) is 36.0 Å². The van der Waals surface area contributed by atoms with Crippen molar-refractivity contribution in [1.82, 2.24) is 0 Å².